The van der Waals surface area contributed by atoms with Gasteiger partial charge in [-0.25, -0.2) is 4.79 Å². The first kappa shape index (κ1) is 17.4. The van der Waals surface area contributed by atoms with Crippen LogP contribution in [0.15, 0.2) is 47.1 Å². The van der Waals surface area contributed by atoms with Crippen LogP contribution in [0.4, 0.5) is 4.79 Å². The number of urea groups is 1. The predicted molar refractivity (Wildman–Crippen MR) is 89.4 cm³/mol. The van der Waals surface area contributed by atoms with Gasteiger partial charge in [0.25, 0.3) is 0 Å². The summed E-state index contributed by atoms with van der Waals surface area (Å²) in [4.78, 5) is 11.8. The molecule has 2 unspecified atom stereocenters. The van der Waals surface area contributed by atoms with Crippen molar-refractivity contribution >= 4 is 17.6 Å². The molecule has 2 aromatic rings. The van der Waals surface area contributed by atoms with Crippen molar-refractivity contribution in [2.75, 3.05) is 6.54 Å². The van der Waals surface area contributed by atoms with E-state index in [1.165, 1.54) is 6.26 Å². The molecule has 5 nitrogen and oxygen atoms in total. The molecule has 124 valence electrons. The van der Waals surface area contributed by atoms with Crippen molar-refractivity contribution in [3.8, 4) is 0 Å². The number of aliphatic hydroxyl groups is 1. The van der Waals surface area contributed by atoms with Gasteiger partial charge in [0.05, 0.1) is 6.26 Å². The summed E-state index contributed by atoms with van der Waals surface area (Å²) in [5, 5.41) is 16.2. The summed E-state index contributed by atoms with van der Waals surface area (Å²) in [7, 11) is 0. The molecule has 0 saturated carbocycles. The monoisotopic (exact) mass is 336 g/mol. The van der Waals surface area contributed by atoms with Gasteiger partial charge in [0.15, 0.2) is 0 Å². The zero-order valence-corrected chi connectivity index (χ0v) is 13.7. The fraction of sp³-hybridized carbons (Fsp3) is 0.353. The molecule has 2 atom stereocenters. The second kappa shape index (κ2) is 8.60. The Balaban J connectivity index is 1.67. The smallest absolute Gasteiger partial charge is 0.315 e. The van der Waals surface area contributed by atoms with Gasteiger partial charge in [0, 0.05) is 24.0 Å². The molecule has 1 aromatic heterocycles. The van der Waals surface area contributed by atoms with Gasteiger partial charge in [-0.1, -0.05) is 23.7 Å². The van der Waals surface area contributed by atoms with Crippen LogP contribution in [-0.2, 0) is 6.42 Å². The lowest BCUT2D eigenvalue weighted by Gasteiger charge is -2.17. The maximum atomic E-state index is 11.8. The maximum absolute atomic E-state index is 11.8. The topological polar surface area (TPSA) is 74.5 Å². The molecular weight excluding hydrogens is 316 g/mol. The van der Waals surface area contributed by atoms with Gasteiger partial charge in [-0.15, -0.1) is 0 Å². The molecule has 23 heavy (non-hydrogen) atoms. The van der Waals surface area contributed by atoms with Gasteiger partial charge < -0.3 is 20.2 Å². The maximum Gasteiger partial charge on any atom is 0.315 e. The quantitative estimate of drug-likeness (QED) is 0.726. The highest BCUT2D eigenvalue weighted by atomic mass is 35.5. The minimum absolute atomic E-state index is 0.179. The van der Waals surface area contributed by atoms with Gasteiger partial charge >= 0.3 is 6.03 Å². The van der Waals surface area contributed by atoms with E-state index in [0.29, 0.717) is 30.2 Å². The van der Waals surface area contributed by atoms with E-state index < -0.39 is 6.10 Å². The number of hydrogen-bond acceptors (Lipinski definition) is 3. The van der Waals surface area contributed by atoms with Crippen molar-refractivity contribution in [1.29, 1.82) is 0 Å². The summed E-state index contributed by atoms with van der Waals surface area (Å²) in [5.74, 6) is 0.500. The Morgan fingerprint density at radius 2 is 2.17 bits per heavy atom. The van der Waals surface area contributed by atoms with Crippen molar-refractivity contribution in [2.24, 2.45) is 0 Å². The van der Waals surface area contributed by atoms with Crippen molar-refractivity contribution < 1.29 is 14.3 Å². The van der Waals surface area contributed by atoms with Crippen molar-refractivity contribution in [3.05, 3.63) is 59.0 Å². The standard InChI is InChI=1S/C17H21ClN2O3/c1-12(10-15(21)16-6-3-9-23-16)20-17(22)19-8-7-13-4-2-5-14(18)11-13/h2-6,9,11-12,15,21H,7-8,10H2,1H3,(H2,19,20,22). The minimum Gasteiger partial charge on any atom is -0.467 e. The second-order valence-corrected chi connectivity index (χ2v) is 5.88. The van der Waals surface area contributed by atoms with E-state index in [-0.39, 0.29) is 12.1 Å². The zero-order valence-electron chi connectivity index (χ0n) is 13.0. The molecule has 3 N–H and O–H groups in total. The Labute approximate surface area is 140 Å². The van der Waals surface area contributed by atoms with Crippen LogP contribution < -0.4 is 10.6 Å². The Morgan fingerprint density at radius 3 is 2.87 bits per heavy atom. The summed E-state index contributed by atoms with van der Waals surface area (Å²) < 4.78 is 5.14. The fourth-order valence-corrected chi connectivity index (χ4v) is 2.49. The average molecular weight is 337 g/mol. The fourth-order valence-electron chi connectivity index (χ4n) is 2.28. The lowest BCUT2D eigenvalue weighted by Crippen LogP contribution is -2.42. The van der Waals surface area contributed by atoms with Gasteiger partial charge in [-0.05, 0) is 43.2 Å². The van der Waals surface area contributed by atoms with E-state index in [1.807, 2.05) is 31.2 Å². The molecule has 0 bridgehead atoms. The van der Waals surface area contributed by atoms with Crippen LogP contribution in [0.1, 0.15) is 30.8 Å². The van der Waals surface area contributed by atoms with Gasteiger partial charge in [-0.3, -0.25) is 0 Å². The highest BCUT2D eigenvalue weighted by Crippen LogP contribution is 2.18. The Bertz CT molecular complexity index is 616. The third-order valence-corrected chi connectivity index (χ3v) is 3.65. The van der Waals surface area contributed by atoms with E-state index in [1.54, 1.807) is 12.1 Å². The van der Waals surface area contributed by atoms with Crippen molar-refractivity contribution in [2.45, 2.75) is 31.9 Å². The van der Waals surface area contributed by atoms with Gasteiger partial charge in [0.2, 0.25) is 0 Å². The first-order valence-corrected chi connectivity index (χ1v) is 7.92. The third-order valence-electron chi connectivity index (χ3n) is 3.41. The molecule has 0 radical (unpaired) electrons. The van der Waals surface area contributed by atoms with E-state index in [2.05, 4.69) is 10.6 Å². The van der Waals surface area contributed by atoms with Gasteiger partial charge in [0.1, 0.15) is 11.9 Å². The Hall–Kier alpha value is -1.98. The Morgan fingerprint density at radius 1 is 1.35 bits per heavy atom. The number of hydrogen-bond donors (Lipinski definition) is 3. The van der Waals surface area contributed by atoms with Crippen LogP contribution >= 0.6 is 11.6 Å². The number of carbonyl (C=O) groups excluding carboxylic acids is 1. The molecule has 0 aliphatic rings. The number of halogens is 1. The van der Waals surface area contributed by atoms with Crippen LogP contribution in [0.3, 0.4) is 0 Å². The number of amides is 2. The molecule has 0 aliphatic carbocycles. The largest absolute Gasteiger partial charge is 0.467 e. The zero-order chi connectivity index (χ0) is 16.7. The molecule has 0 spiro atoms. The first-order valence-electron chi connectivity index (χ1n) is 7.55. The summed E-state index contributed by atoms with van der Waals surface area (Å²) >= 11 is 5.91. The van der Waals surface area contributed by atoms with E-state index in [0.717, 1.165) is 5.56 Å². The molecule has 0 aliphatic heterocycles. The number of carbonyl (C=O) groups is 1. The molecule has 0 fully saturated rings. The lowest BCUT2D eigenvalue weighted by molar-refractivity contribution is 0.129. The van der Waals surface area contributed by atoms with E-state index in [4.69, 9.17) is 16.0 Å². The number of aliphatic hydroxyl groups excluding tert-OH is 1. The second-order valence-electron chi connectivity index (χ2n) is 5.45. The highest BCUT2D eigenvalue weighted by molar-refractivity contribution is 6.30. The lowest BCUT2D eigenvalue weighted by atomic mass is 10.1. The highest BCUT2D eigenvalue weighted by Gasteiger charge is 2.16. The van der Waals surface area contributed by atoms with Crippen LogP contribution in [-0.4, -0.2) is 23.7 Å². The predicted octanol–water partition coefficient (Wildman–Crippen LogP) is 3.29. The van der Waals surface area contributed by atoms with Gasteiger partial charge in [-0.2, -0.15) is 0 Å². The third kappa shape index (κ3) is 5.96. The molecule has 2 rings (SSSR count). The number of benzene rings is 1. The van der Waals surface area contributed by atoms with E-state index >= 15 is 0 Å². The van der Waals surface area contributed by atoms with Crippen molar-refractivity contribution in [1.82, 2.24) is 10.6 Å². The number of furan rings is 1. The normalized spacial score (nSPS) is 13.3. The van der Waals surface area contributed by atoms with Crippen LogP contribution in [0, 0.1) is 0 Å². The summed E-state index contributed by atoms with van der Waals surface area (Å²) in [6.07, 6.45) is 1.87. The average Bonchev–Trinajstić information content (AvgIpc) is 3.01. The first-order chi connectivity index (χ1) is 11.0. The summed E-state index contributed by atoms with van der Waals surface area (Å²) in [6, 6.07) is 10.5. The van der Waals surface area contributed by atoms with Crippen LogP contribution in [0.2, 0.25) is 5.02 Å². The molecule has 6 heteroatoms. The molecule has 0 saturated heterocycles. The molecule has 1 heterocycles. The summed E-state index contributed by atoms with van der Waals surface area (Å²) in [6.45, 7) is 2.35. The molecule has 2 amide bonds. The van der Waals surface area contributed by atoms with Crippen molar-refractivity contribution in [3.63, 3.8) is 0 Å². The molecule has 1 aromatic carbocycles. The van der Waals surface area contributed by atoms with Crippen LogP contribution in [0.5, 0.6) is 0 Å². The summed E-state index contributed by atoms with van der Waals surface area (Å²) in [5.41, 5.74) is 1.07. The molecular formula is C17H21ClN2O3. The minimum atomic E-state index is -0.730. The number of nitrogens with one attached hydrogen (secondary N) is 2. The van der Waals surface area contributed by atoms with E-state index in [9.17, 15) is 9.90 Å². The number of rotatable bonds is 7. The SMILES string of the molecule is CC(CC(O)c1ccco1)NC(=O)NCCc1cccc(Cl)c1. The Kier molecular flexibility index (Phi) is 6.50. The van der Waals surface area contributed by atoms with Crippen LogP contribution in [0.25, 0.3) is 0 Å².